The third-order valence-electron chi connectivity index (χ3n) is 2.99. The van der Waals surface area contributed by atoms with Crippen LogP contribution in [0.15, 0.2) is 29.2 Å². The summed E-state index contributed by atoms with van der Waals surface area (Å²) in [5.41, 5.74) is 1.25. The molecule has 0 bridgehead atoms. The normalized spacial score (nSPS) is 16.3. The van der Waals surface area contributed by atoms with E-state index < -0.39 is 0 Å². The van der Waals surface area contributed by atoms with Gasteiger partial charge in [0.15, 0.2) is 0 Å². The van der Waals surface area contributed by atoms with Gasteiger partial charge < -0.3 is 5.32 Å². The molecular weight excluding hydrogens is 228 g/mol. The number of anilines is 1. The Labute approximate surface area is 109 Å². The van der Waals surface area contributed by atoms with Crippen LogP contribution in [-0.4, -0.2) is 23.9 Å². The first-order valence-electron chi connectivity index (χ1n) is 6.65. The molecule has 1 aliphatic rings. The van der Waals surface area contributed by atoms with Crippen molar-refractivity contribution in [3.8, 4) is 0 Å². The molecule has 1 aliphatic heterocycles. The second kappa shape index (κ2) is 6.92. The van der Waals surface area contributed by atoms with E-state index in [9.17, 15) is 0 Å². The van der Waals surface area contributed by atoms with Crippen LogP contribution in [0.1, 0.15) is 32.6 Å². The molecule has 2 nitrogen and oxygen atoms in total. The van der Waals surface area contributed by atoms with Crippen LogP contribution in [0.4, 0.5) is 5.69 Å². The van der Waals surface area contributed by atoms with Crippen LogP contribution in [0.3, 0.4) is 0 Å². The Kier molecular flexibility index (Phi) is 5.20. The number of nitrogens with zero attached hydrogens (tertiary/aromatic N) is 1. The maximum Gasteiger partial charge on any atom is 0.0351 e. The van der Waals surface area contributed by atoms with Crippen molar-refractivity contribution in [2.24, 2.45) is 0 Å². The lowest BCUT2D eigenvalue weighted by Gasteiger charge is -2.14. The maximum atomic E-state index is 3.48. The Balaban J connectivity index is 1.86. The third-order valence-corrected chi connectivity index (χ3v) is 4.08. The highest BCUT2D eigenvalue weighted by Crippen LogP contribution is 2.28. The van der Waals surface area contributed by atoms with Gasteiger partial charge in [-0.15, -0.1) is 0 Å². The van der Waals surface area contributed by atoms with E-state index in [0.29, 0.717) is 0 Å². The van der Waals surface area contributed by atoms with Crippen LogP contribution in [-0.2, 0) is 0 Å². The van der Waals surface area contributed by atoms with Crippen molar-refractivity contribution < 1.29 is 0 Å². The molecule has 94 valence electrons. The van der Waals surface area contributed by atoms with E-state index in [4.69, 9.17) is 0 Å². The summed E-state index contributed by atoms with van der Waals surface area (Å²) < 4.78 is 2.46. The van der Waals surface area contributed by atoms with Crippen LogP contribution in [0.2, 0.25) is 0 Å². The summed E-state index contributed by atoms with van der Waals surface area (Å²) in [6.07, 6.45) is 5.18. The van der Waals surface area contributed by atoms with Gasteiger partial charge in [0.2, 0.25) is 0 Å². The topological polar surface area (TPSA) is 15.3 Å². The van der Waals surface area contributed by atoms with E-state index in [1.807, 2.05) is 11.9 Å². The van der Waals surface area contributed by atoms with Gasteiger partial charge in [-0.25, -0.2) is 4.31 Å². The number of nitrogens with one attached hydrogen (secondary N) is 1. The van der Waals surface area contributed by atoms with E-state index >= 15 is 0 Å². The summed E-state index contributed by atoms with van der Waals surface area (Å²) in [5.74, 6) is 0. The number of rotatable bonds is 6. The molecule has 1 aromatic carbocycles. The Morgan fingerprint density at radius 2 is 2.12 bits per heavy atom. The van der Waals surface area contributed by atoms with E-state index in [1.165, 1.54) is 49.4 Å². The highest BCUT2D eigenvalue weighted by molar-refractivity contribution is 7.97. The quantitative estimate of drug-likeness (QED) is 0.607. The first kappa shape index (κ1) is 12.8. The molecule has 0 spiro atoms. The Hall–Kier alpha value is -0.670. The molecule has 0 unspecified atom stereocenters. The van der Waals surface area contributed by atoms with Crippen molar-refractivity contribution in [2.75, 3.05) is 25.0 Å². The zero-order chi connectivity index (χ0) is 11.9. The van der Waals surface area contributed by atoms with Crippen LogP contribution < -0.4 is 5.32 Å². The molecule has 0 radical (unpaired) electrons. The molecule has 0 aliphatic carbocycles. The molecule has 0 amide bonds. The molecule has 1 fully saturated rings. The van der Waals surface area contributed by atoms with E-state index in [2.05, 4.69) is 40.8 Å². The zero-order valence-corrected chi connectivity index (χ0v) is 11.4. The van der Waals surface area contributed by atoms with Gasteiger partial charge in [-0.1, -0.05) is 19.4 Å². The summed E-state index contributed by atoms with van der Waals surface area (Å²) in [6, 6.07) is 8.77. The van der Waals surface area contributed by atoms with Gasteiger partial charge in [0.1, 0.15) is 0 Å². The predicted molar refractivity (Wildman–Crippen MR) is 76.5 cm³/mol. The summed E-state index contributed by atoms with van der Waals surface area (Å²) in [7, 11) is 0. The Morgan fingerprint density at radius 3 is 2.88 bits per heavy atom. The fourth-order valence-electron chi connectivity index (χ4n) is 2.00. The lowest BCUT2D eigenvalue weighted by molar-refractivity contribution is 0.586. The Bertz CT molecular complexity index is 335. The van der Waals surface area contributed by atoms with Crippen molar-refractivity contribution >= 4 is 17.6 Å². The average Bonchev–Trinajstić information content (AvgIpc) is 2.83. The molecule has 1 heterocycles. The largest absolute Gasteiger partial charge is 0.385 e. The van der Waals surface area contributed by atoms with E-state index in [1.54, 1.807) is 0 Å². The van der Waals surface area contributed by atoms with Crippen LogP contribution in [0.5, 0.6) is 0 Å². The van der Waals surface area contributed by atoms with Crippen molar-refractivity contribution in [1.29, 1.82) is 0 Å². The Morgan fingerprint density at radius 1 is 1.29 bits per heavy atom. The third kappa shape index (κ3) is 4.25. The average molecular weight is 250 g/mol. The summed E-state index contributed by atoms with van der Waals surface area (Å²) in [4.78, 5) is 1.35. The van der Waals surface area contributed by atoms with Crippen molar-refractivity contribution in [2.45, 2.75) is 37.5 Å². The van der Waals surface area contributed by atoms with Gasteiger partial charge >= 0.3 is 0 Å². The molecule has 0 aromatic heterocycles. The predicted octanol–water partition coefficient (Wildman–Crippen LogP) is 4.00. The first-order valence-corrected chi connectivity index (χ1v) is 7.42. The minimum absolute atomic E-state index is 1.08. The highest BCUT2D eigenvalue weighted by Gasteiger charge is 2.12. The first-order chi connectivity index (χ1) is 8.38. The smallest absolute Gasteiger partial charge is 0.0351 e. The van der Waals surface area contributed by atoms with Crippen LogP contribution in [0.25, 0.3) is 0 Å². The van der Waals surface area contributed by atoms with E-state index in [-0.39, 0.29) is 0 Å². The fraction of sp³-hybridized carbons (Fsp3) is 0.571. The van der Waals surface area contributed by atoms with Gasteiger partial charge in [0.25, 0.3) is 0 Å². The summed E-state index contributed by atoms with van der Waals surface area (Å²) in [6.45, 7) is 5.77. The molecule has 1 saturated heterocycles. The SMILES string of the molecule is CCCCNc1cccc(SN2CCCC2)c1. The maximum absolute atomic E-state index is 3.48. The number of hydrogen-bond acceptors (Lipinski definition) is 3. The van der Waals surface area contributed by atoms with Crippen LogP contribution >= 0.6 is 11.9 Å². The lowest BCUT2D eigenvalue weighted by Crippen LogP contribution is -2.08. The van der Waals surface area contributed by atoms with Crippen LogP contribution in [0, 0.1) is 0 Å². The number of benzene rings is 1. The molecule has 3 heteroatoms. The van der Waals surface area contributed by atoms with E-state index in [0.717, 1.165) is 6.54 Å². The second-order valence-electron chi connectivity index (χ2n) is 4.54. The van der Waals surface area contributed by atoms with Crippen molar-refractivity contribution in [1.82, 2.24) is 4.31 Å². The van der Waals surface area contributed by atoms with Gasteiger partial charge in [-0.2, -0.15) is 0 Å². The van der Waals surface area contributed by atoms with Crippen molar-refractivity contribution in [3.05, 3.63) is 24.3 Å². The van der Waals surface area contributed by atoms with Gasteiger partial charge in [0.05, 0.1) is 0 Å². The molecule has 0 atom stereocenters. The van der Waals surface area contributed by atoms with Gasteiger partial charge in [0, 0.05) is 30.2 Å². The minimum atomic E-state index is 1.08. The van der Waals surface area contributed by atoms with Crippen molar-refractivity contribution in [3.63, 3.8) is 0 Å². The van der Waals surface area contributed by atoms with Gasteiger partial charge in [-0.3, -0.25) is 0 Å². The molecule has 0 saturated carbocycles. The molecule has 1 N–H and O–H groups in total. The standard InChI is InChI=1S/C14H22N2S/c1-2-3-9-15-13-7-6-8-14(12-13)17-16-10-4-5-11-16/h6-8,12,15H,2-5,9-11H2,1H3. The molecular formula is C14H22N2S. The number of unbranched alkanes of at least 4 members (excludes halogenated alkanes) is 1. The number of hydrogen-bond donors (Lipinski definition) is 1. The summed E-state index contributed by atoms with van der Waals surface area (Å²) >= 11 is 1.90. The molecule has 2 rings (SSSR count). The molecule has 1 aromatic rings. The molecule has 17 heavy (non-hydrogen) atoms. The minimum Gasteiger partial charge on any atom is -0.385 e. The fourth-order valence-corrected chi connectivity index (χ4v) is 3.06. The van der Waals surface area contributed by atoms with Gasteiger partial charge in [-0.05, 0) is 49.4 Å². The monoisotopic (exact) mass is 250 g/mol. The summed E-state index contributed by atoms with van der Waals surface area (Å²) in [5, 5.41) is 3.48. The zero-order valence-electron chi connectivity index (χ0n) is 10.6. The highest BCUT2D eigenvalue weighted by atomic mass is 32.2. The lowest BCUT2D eigenvalue weighted by atomic mass is 10.3. The second-order valence-corrected chi connectivity index (χ2v) is 5.71.